The number of halogens is 4. The van der Waals surface area contributed by atoms with E-state index in [0.717, 1.165) is 25.1 Å². The van der Waals surface area contributed by atoms with Gasteiger partial charge in [-0.3, -0.25) is 4.79 Å². The van der Waals surface area contributed by atoms with Gasteiger partial charge in [0, 0.05) is 44.9 Å². The Hall–Kier alpha value is -1.54. The highest BCUT2D eigenvalue weighted by molar-refractivity contribution is 6.33. The number of ether oxygens (including phenoxy) is 1. The zero-order valence-electron chi connectivity index (χ0n) is 17.1. The molecule has 1 saturated heterocycles. The normalized spacial score (nSPS) is 15.8. The van der Waals surface area contributed by atoms with Gasteiger partial charge in [-0.2, -0.15) is 13.2 Å². The third-order valence-electron chi connectivity index (χ3n) is 5.50. The molecule has 0 N–H and O–H groups in total. The molecule has 0 radical (unpaired) electrons. The molecule has 0 bridgehead atoms. The number of carbonyl (C=O) groups excluding carboxylic acids is 1. The van der Waals surface area contributed by atoms with Gasteiger partial charge >= 0.3 is 6.18 Å². The summed E-state index contributed by atoms with van der Waals surface area (Å²) in [7, 11) is 1.62. The van der Waals surface area contributed by atoms with Crippen LogP contribution in [0.5, 0.6) is 0 Å². The lowest BCUT2D eigenvalue weighted by molar-refractivity contribution is -0.140. The highest BCUT2D eigenvalue weighted by atomic mass is 35.5. The van der Waals surface area contributed by atoms with Crippen molar-refractivity contribution in [2.75, 3.05) is 38.3 Å². The smallest absolute Gasteiger partial charge is 0.383 e. The first-order valence-electron chi connectivity index (χ1n) is 9.99. The van der Waals surface area contributed by atoms with Crippen molar-refractivity contribution in [2.45, 2.75) is 51.7 Å². The molecule has 2 heterocycles. The number of methoxy groups -OCH3 is 1. The van der Waals surface area contributed by atoms with Crippen LogP contribution in [-0.4, -0.2) is 55.2 Å². The van der Waals surface area contributed by atoms with E-state index in [9.17, 15) is 18.0 Å². The second kappa shape index (κ2) is 10.5. The number of hydrogen-bond acceptors (Lipinski definition) is 4. The fourth-order valence-electron chi connectivity index (χ4n) is 3.78. The Morgan fingerprint density at radius 3 is 2.45 bits per heavy atom. The fraction of sp³-hybridized carbons (Fsp3) is 0.700. The summed E-state index contributed by atoms with van der Waals surface area (Å²) in [5.74, 6) is 0.348. The topological polar surface area (TPSA) is 45.7 Å². The maximum atomic E-state index is 13.1. The Kier molecular flexibility index (Phi) is 8.58. The molecule has 0 saturated carbocycles. The third-order valence-corrected chi connectivity index (χ3v) is 5.77. The Labute approximate surface area is 175 Å². The van der Waals surface area contributed by atoms with Crippen LogP contribution in [0.4, 0.5) is 19.0 Å². The van der Waals surface area contributed by atoms with Crippen LogP contribution >= 0.6 is 11.6 Å². The van der Waals surface area contributed by atoms with E-state index in [0.29, 0.717) is 44.9 Å². The van der Waals surface area contributed by atoms with Gasteiger partial charge in [0.25, 0.3) is 0 Å². The summed E-state index contributed by atoms with van der Waals surface area (Å²) < 4.78 is 43.6. The minimum atomic E-state index is -4.48. The molecule has 9 heteroatoms. The summed E-state index contributed by atoms with van der Waals surface area (Å²) in [5.41, 5.74) is -0.865. The molecule has 5 nitrogen and oxygen atoms in total. The number of pyridine rings is 1. The molecule has 164 valence electrons. The first-order chi connectivity index (χ1) is 13.7. The van der Waals surface area contributed by atoms with E-state index >= 15 is 0 Å². The molecule has 1 aromatic rings. The minimum Gasteiger partial charge on any atom is -0.383 e. The Bertz CT molecular complexity index is 675. The molecule has 1 aliphatic heterocycles. The molecule has 1 amide bonds. The monoisotopic (exact) mass is 435 g/mol. The number of rotatable bonds is 8. The number of aromatic nitrogens is 1. The molecular weight excluding hydrogens is 407 g/mol. The quantitative estimate of drug-likeness (QED) is 0.597. The molecule has 29 heavy (non-hydrogen) atoms. The average Bonchev–Trinajstić information content (AvgIpc) is 2.70. The lowest BCUT2D eigenvalue weighted by Crippen LogP contribution is -2.47. The fourth-order valence-corrected chi connectivity index (χ4v) is 4.07. The summed E-state index contributed by atoms with van der Waals surface area (Å²) in [4.78, 5) is 20.8. The number of alkyl halides is 3. The van der Waals surface area contributed by atoms with Crippen LogP contribution in [0.15, 0.2) is 12.3 Å². The van der Waals surface area contributed by atoms with Crippen LogP contribution in [0.1, 0.15) is 45.1 Å². The van der Waals surface area contributed by atoms with Gasteiger partial charge < -0.3 is 14.5 Å². The minimum absolute atomic E-state index is 0.0247. The van der Waals surface area contributed by atoms with Gasteiger partial charge in [0.15, 0.2) is 0 Å². The van der Waals surface area contributed by atoms with E-state index in [1.165, 1.54) is 0 Å². The van der Waals surface area contributed by atoms with Crippen molar-refractivity contribution in [3.63, 3.8) is 0 Å². The number of carbonyl (C=O) groups is 1. The number of nitrogens with zero attached hydrogens (tertiary/aromatic N) is 3. The van der Waals surface area contributed by atoms with Crippen molar-refractivity contribution >= 4 is 23.3 Å². The van der Waals surface area contributed by atoms with Crippen LogP contribution < -0.4 is 4.90 Å². The van der Waals surface area contributed by atoms with Crippen molar-refractivity contribution in [2.24, 2.45) is 5.92 Å². The second-order valence-electron chi connectivity index (χ2n) is 7.28. The van der Waals surface area contributed by atoms with E-state index < -0.39 is 11.7 Å². The largest absolute Gasteiger partial charge is 0.417 e. The van der Waals surface area contributed by atoms with E-state index in [2.05, 4.69) is 18.8 Å². The first kappa shape index (κ1) is 23.7. The number of piperidine rings is 1. The molecule has 0 atom stereocenters. The van der Waals surface area contributed by atoms with Gasteiger partial charge in [-0.1, -0.05) is 25.4 Å². The third kappa shape index (κ3) is 5.98. The maximum Gasteiger partial charge on any atom is 0.417 e. The van der Waals surface area contributed by atoms with E-state index in [1.54, 1.807) is 7.11 Å². The first-order valence-corrected chi connectivity index (χ1v) is 10.4. The van der Waals surface area contributed by atoms with Crippen LogP contribution in [0.2, 0.25) is 5.02 Å². The van der Waals surface area contributed by atoms with Gasteiger partial charge in [-0.05, 0) is 31.7 Å². The van der Waals surface area contributed by atoms with Crippen molar-refractivity contribution in [3.05, 3.63) is 22.8 Å². The molecule has 0 aliphatic carbocycles. The number of hydrogen-bond donors (Lipinski definition) is 0. The summed E-state index contributed by atoms with van der Waals surface area (Å²) in [6.45, 7) is 6.25. The van der Waals surface area contributed by atoms with Crippen molar-refractivity contribution in [1.82, 2.24) is 9.88 Å². The summed E-state index contributed by atoms with van der Waals surface area (Å²) >= 11 is 6.06. The van der Waals surface area contributed by atoms with Gasteiger partial charge in [0.05, 0.1) is 17.2 Å². The van der Waals surface area contributed by atoms with Gasteiger partial charge in [0.2, 0.25) is 5.91 Å². The second-order valence-corrected chi connectivity index (χ2v) is 7.69. The van der Waals surface area contributed by atoms with Crippen LogP contribution in [0.25, 0.3) is 0 Å². The molecule has 0 spiro atoms. The van der Waals surface area contributed by atoms with Crippen LogP contribution in [-0.2, 0) is 15.7 Å². The van der Waals surface area contributed by atoms with Gasteiger partial charge in [0.1, 0.15) is 5.82 Å². The molecule has 1 aromatic heterocycles. The van der Waals surface area contributed by atoms with E-state index in [-0.39, 0.29) is 22.9 Å². The van der Waals surface area contributed by atoms with Crippen molar-refractivity contribution in [3.8, 4) is 0 Å². The van der Waals surface area contributed by atoms with E-state index in [1.807, 2.05) is 9.80 Å². The average molecular weight is 436 g/mol. The number of anilines is 1. The Morgan fingerprint density at radius 2 is 1.97 bits per heavy atom. The van der Waals surface area contributed by atoms with Crippen LogP contribution in [0, 0.1) is 5.92 Å². The highest BCUT2D eigenvalue weighted by Gasteiger charge is 2.34. The predicted octanol–water partition coefficient (Wildman–Crippen LogP) is 4.63. The summed E-state index contributed by atoms with van der Waals surface area (Å²) in [6, 6.07) is 1.09. The molecule has 2 rings (SSSR count). The van der Waals surface area contributed by atoms with Crippen molar-refractivity contribution in [1.29, 1.82) is 0 Å². The predicted molar refractivity (Wildman–Crippen MR) is 107 cm³/mol. The number of amides is 1. The molecule has 1 fully saturated rings. The molecule has 0 aromatic carbocycles. The zero-order chi connectivity index (χ0) is 21.6. The van der Waals surface area contributed by atoms with Crippen LogP contribution in [0.3, 0.4) is 0 Å². The molecule has 0 unspecified atom stereocenters. The zero-order valence-corrected chi connectivity index (χ0v) is 17.9. The molecular formula is C20H29ClF3N3O2. The molecule has 1 aliphatic rings. The standard InChI is InChI=1S/C20H29ClF3N3O2/c1-4-16(5-2)27(10-11-29-3)19(28)14-6-8-26(9-7-14)18-17(21)12-15(13-25-18)20(22,23)24/h12-14,16H,4-11H2,1-3H3. The Morgan fingerprint density at radius 1 is 1.34 bits per heavy atom. The van der Waals surface area contributed by atoms with Gasteiger partial charge in [-0.25, -0.2) is 4.98 Å². The lowest BCUT2D eigenvalue weighted by atomic mass is 9.94. The Balaban J connectivity index is 2.04. The lowest BCUT2D eigenvalue weighted by Gasteiger charge is -2.37. The SMILES string of the molecule is CCC(CC)N(CCOC)C(=O)C1CCN(c2ncc(C(F)(F)F)cc2Cl)CC1. The summed E-state index contributed by atoms with van der Waals surface area (Å²) in [6.07, 6.45) is -0.678. The van der Waals surface area contributed by atoms with E-state index in [4.69, 9.17) is 16.3 Å². The van der Waals surface area contributed by atoms with Crippen molar-refractivity contribution < 1.29 is 22.7 Å². The highest BCUT2D eigenvalue weighted by Crippen LogP contribution is 2.35. The maximum absolute atomic E-state index is 13.1. The van der Waals surface area contributed by atoms with Gasteiger partial charge in [-0.15, -0.1) is 0 Å². The summed E-state index contributed by atoms with van der Waals surface area (Å²) in [5, 5.41) is -0.0247.